The van der Waals surface area contributed by atoms with Crippen LogP contribution in [0.5, 0.6) is 11.5 Å². The van der Waals surface area contributed by atoms with Crippen molar-refractivity contribution in [2.45, 2.75) is 20.5 Å². The lowest BCUT2D eigenvalue weighted by molar-refractivity contribution is 0.112. The van der Waals surface area contributed by atoms with Crippen LogP contribution in [0.3, 0.4) is 0 Å². The van der Waals surface area contributed by atoms with E-state index in [4.69, 9.17) is 21.1 Å². The molecule has 110 valence electrons. The highest BCUT2D eigenvalue weighted by Crippen LogP contribution is 2.36. The van der Waals surface area contributed by atoms with E-state index in [-0.39, 0.29) is 0 Å². The van der Waals surface area contributed by atoms with Crippen molar-refractivity contribution in [1.82, 2.24) is 0 Å². The highest BCUT2D eigenvalue weighted by atomic mass is 35.5. The van der Waals surface area contributed by atoms with E-state index >= 15 is 0 Å². The lowest BCUT2D eigenvalue weighted by Gasteiger charge is -2.14. The number of aryl methyl sites for hydroxylation is 1. The quantitative estimate of drug-likeness (QED) is 0.740. The van der Waals surface area contributed by atoms with E-state index in [0.717, 1.165) is 11.8 Å². The molecule has 0 N–H and O–H groups in total. The van der Waals surface area contributed by atoms with Crippen molar-refractivity contribution in [1.29, 1.82) is 0 Å². The second-order valence-corrected chi connectivity index (χ2v) is 5.07. The number of carbonyl (C=O) groups excluding carboxylic acids is 1. The Morgan fingerprint density at radius 2 is 2.00 bits per heavy atom. The molecule has 0 fully saturated rings. The molecule has 4 heteroatoms. The van der Waals surface area contributed by atoms with Crippen LogP contribution >= 0.6 is 11.6 Å². The van der Waals surface area contributed by atoms with Crippen LogP contribution in [-0.2, 0) is 6.61 Å². The normalized spacial score (nSPS) is 10.2. The van der Waals surface area contributed by atoms with Gasteiger partial charge in [0, 0.05) is 5.56 Å². The fraction of sp³-hybridized carbons (Fsp3) is 0.235. The molecule has 3 nitrogen and oxygen atoms in total. The van der Waals surface area contributed by atoms with Crippen molar-refractivity contribution >= 4 is 17.9 Å². The topological polar surface area (TPSA) is 35.5 Å². The zero-order chi connectivity index (χ0) is 15.2. The first-order valence-corrected chi connectivity index (χ1v) is 7.11. The minimum absolute atomic E-state index is 0.371. The first-order valence-electron chi connectivity index (χ1n) is 6.74. The predicted molar refractivity (Wildman–Crippen MR) is 83.5 cm³/mol. The maximum atomic E-state index is 10.9. The van der Waals surface area contributed by atoms with E-state index in [9.17, 15) is 4.79 Å². The van der Waals surface area contributed by atoms with E-state index in [2.05, 4.69) is 0 Å². The molecule has 0 aromatic heterocycles. The maximum Gasteiger partial charge on any atom is 0.180 e. The number of hydrogen-bond acceptors (Lipinski definition) is 3. The Morgan fingerprint density at radius 3 is 2.67 bits per heavy atom. The standard InChI is InChI=1S/C17H17ClO3/c1-3-20-16-9-14(10-19)8-15(18)17(16)21-11-13-6-4-5-12(2)7-13/h4-10H,3,11H2,1-2H3. The molecule has 0 amide bonds. The second kappa shape index (κ2) is 7.14. The van der Waals surface area contributed by atoms with Gasteiger partial charge in [-0.1, -0.05) is 41.4 Å². The summed E-state index contributed by atoms with van der Waals surface area (Å²) in [6.45, 7) is 4.76. The molecule has 0 atom stereocenters. The lowest BCUT2D eigenvalue weighted by Crippen LogP contribution is -2.01. The molecule has 0 bridgehead atoms. The molecule has 0 spiro atoms. The zero-order valence-corrected chi connectivity index (χ0v) is 12.8. The van der Waals surface area contributed by atoms with Crippen LogP contribution in [0.2, 0.25) is 5.02 Å². The Hall–Kier alpha value is -2.00. The summed E-state index contributed by atoms with van der Waals surface area (Å²) < 4.78 is 11.3. The third-order valence-electron chi connectivity index (χ3n) is 2.93. The third-order valence-corrected chi connectivity index (χ3v) is 3.21. The van der Waals surface area contributed by atoms with E-state index in [1.807, 2.05) is 38.1 Å². The Bertz CT molecular complexity index is 638. The van der Waals surface area contributed by atoms with Crippen molar-refractivity contribution in [3.05, 3.63) is 58.1 Å². The van der Waals surface area contributed by atoms with Crippen molar-refractivity contribution in [2.24, 2.45) is 0 Å². The summed E-state index contributed by atoms with van der Waals surface area (Å²) in [5.41, 5.74) is 2.68. The summed E-state index contributed by atoms with van der Waals surface area (Å²) in [4.78, 5) is 10.9. The van der Waals surface area contributed by atoms with Crippen LogP contribution in [0.25, 0.3) is 0 Å². The van der Waals surface area contributed by atoms with E-state index in [1.54, 1.807) is 12.1 Å². The van der Waals surface area contributed by atoms with Crippen molar-refractivity contribution < 1.29 is 14.3 Å². The third kappa shape index (κ3) is 3.99. The van der Waals surface area contributed by atoms with Gasteiger partial charge in [0.1, 0.15) is 12.9 Å². The number of halogens is 1. The average Bonchev–Trinajstić information content (AvgIpc) is 2.46. The van der Waals surface area contributed by atoms with Crippen molar-refractivity contribution in [2.75, 3.05) is 6.61 Å². The fourth-order valence-corrected chi connectivity index (χ4v) is 2.29. The van der Waals surface area contributed by atoms with Gasteiger partial charge < -0.3 is 9.47 Å². The molecular weight excluding hydrogens is 288 g/mol. The van der Waals surface area contributed by atoms with Gasteiger partial charge >= 0.3 is 0 Å². The van der Waals surface area contributed by atoms with Gasteiger partial charge in [-0.2, -0.15) is 0 Å². The number of benzene rings is 2. The smallest absolute Gasteiger partial charge is 0.180 e. The van der Waals surface area contributed by atoms with Crippen molar-refractivity contribution in [3.8, 4) is 11.5 Å². The van der Waals surface area contributed by atoms with Gasteiger partial charge in [0.05, 0.1) is 11.6 Å². The Labute approximate surface area is 129 Å². The maximum absolute atomic E-state index is 10.9. The molecular formula is C17H17ClO3. The monoisotopic (exact) mass is 304 g/mol. The van der Waals surface area contributed by atoms with E-state index in [1.165, 1.54) is 5.56 Å². The highest BCUT2D eigenvalue weighted by Gasteiger charge is 2.12. The largest absolute Gasteiger partial charge is 0.490 e. The zero-order valence-electron chi connectivity index (χ0n) is 12.1. The van der Waals surface area contributed by atoms with E-state index in [0.29, 0.717) is 35.3 Å². The summed E-state index contributed by atoms with van der Waals surface area (Å²) >= 11 is 6.18. The molecule has 0 aliphatic heterocycles. The van der Waals surface area contributed by atoms with Gasteiger partial charge in [0.2, 0.25) is 0 Å². The highest BCUT2D eigenvalue weighted by molar-refractivity contribution is 6.32. The molecule has 21 heavy (non-hydrogen) atoms. The molecule has 0 saturated carbocycles. The summed E-state index contributed by atoms with van der Waals surface area (Å²) in [5, 5.41) is 0.371. The van der Waals surface area contributed by atoms with Crippen LogP contribution < -0.4 is 9.47 Å². The molecule has 0 aliphatic rings. The van der Waals surface area contributed by atoms with Gasteiger partial charge in [-0.15, -0.1) is 0 Å². The molecule has 2 rings (SSSR count). The van der Waals surface area contributed by atoms with Crippen molar-refractivity contribution in [3.63, 3.8) is 0 Å². The molecule has 0 saturated heterocycles. The van der Waals surface area contributed by atoms with E-state index < -0.39 is 0 Å². The number of carbonyl (C=O) groups is 1. The van der Waals surface area contributed by atoms with Crippen LogP contribution in [0.15, 0.2) is 36.4 Å². The molecule has 2 aromatic carbocycles. The fourth-order valence-electron chi connectivity index (χ4n) is 2.02. The summed E-state index contributed by atoms with van der Waals surface area (Å²) in [5.74, 6) is 0.949. The summed E-state index contributed by atoms with van der Waals surface area (Å²) in [7, 11) is 0. The number of hydrogen-bond donors (Lipinski definition) is 0. The predicted octanol–water partition coefficient (Wildman–Crippen LogP) is 4.44. The van der Waals surface area contributed by atoms with Crippen LogP contribution in [0, 0.1) is 6.92 Å². The first-order chi connectivity index (χ1) is 10.1. The van der Waals surface area contributed by atoms with Crippen LogP contribution in [-0.4, -0.2) is 12.9 Å². The molecule has 0 unspecified atom stereocenters. The lowest BCUT2D eigenvalue weighted by atomic mass is 10.1. The van der Waals surface area contributed by atoms with Gasteiger partial charge in [0.25, 0.3) is 0 Å². The van der Waals surface area contributed by atoms with Gasteiger partial charge in [0.15, 0.2) is 11.5 Å². The van der Waals surface area contributed by atoms with Gasteiger partial charge in [-0.3, -0.25) is 4.79 Å². The Kier molecular flexibility index (Phi) is 5.23. The number of ether oxygens (including phenoxy) is 2. The van der Waals surface area contributed by atoms with Crippen LogP contribution in [0.4, 0.5) is 0 Å². The first kappa shape index (κ1) is 15.4. The van der Waals surface area contributed by atoms with Crippen LogP contribution in [0.1, 0.15) is 28.4 Å². The summed E-state index contributed by atoms with van der Waals surface area (Å²) in [6, 6.07) is 11.3. The minimum Gasteiger partial charge on any atom is -0.490 e. The molecule has 0 heterocycles. The number of rotatable bonds is 6. The molecule has 2 aromatic rings. The average molecular weight is 305 g/mol. The Morgan fingerprint density at radius 1 is 1.19 bits per heavy atom. The molecule has 0 radical (unpaired) electrons. The minimum atomic E-state index is 0.371. The SMILES string of the molecule is CCOc1cc(C=O)cc(Cl)c1OCc1cccc(C)c1. The van der Waals surface area contributed by atoms with Gasteiger partial charge in [-0.25, -0.2) is 0 Å². The second-order valence-electron chi connectivity index (χ2n) is 4.66. The van der Waals surface area contributed by atoms with Gasteiger partial charge in [-0.05, 0) is 31.5 Å². The summed E-state index contributed by atoms with van der Waals surface area (Å²) in [6.07, 6.45) is 0.735. The Balaban J connectivity index is 2.24. The molecule has 0 aliphatic carbocycles. The number of aldehydes is 1.